The summed E-state index contributed by atoms with van der Waals surface area (Å²) in [4.78, 5) is 0. The molecule has 0 heterocycles. The van der Waals surface area contributed by atoms with Crippen molar-refractivity contribution in [1.29, 1.82) is 0 Å². The van der Waals surface area contributed by atoms with E-state index < -0.39 is 0 Å². The van der Waals surface area contributed by atoms with E-state index in [9.17, 15) is 0 Å². The lowest BCUT2D eigenvalue weighted by Gasteiger charge is -2.21. The van der Waals surface area contributed by atoms with Crippen molar-refractivity contribution in [2.45, 2.75) is 53.4 Å². The van der Waals surface area contributed by atoms with Gasteiger partial charge in [0.15, 0.2) is 0 Å². The zero-order valence-corrected chi connectivity index (χ0v) is 12.8. The molecule has 0 amide bonds. The predicted molar refractivity (Wildman–Crippen MR) is 79.3 cm³/mol. The summed E-state index contributed by atoms with van der Waals surface area (Å²) in [5.74, 6) is 2.32. The molecule has 0 aliphatic carbocycles. The molecule has 0 spiro atoms. The summed E-state index contributed by atoms with van der Waals surface area (Å²) in [5, 5.41) is 0. The van der Waals surface area contributed by atoms with Crippen molar-refractivity contribution in [3.05, 3.63) is 29.8 Å². The molecule has 0 aliphatic heterocycles. The van der Waals surface area contributed by atoms with Crippen LogP contribution in [0.3, 0.4) is 0 Å². The van der Waals surface area contributed by atoms with E-state index in [1.165, 1.54) is 12.0 Å². The highest BCUT2D eigenvalue weighted by Crippen LogP contribution is 2.25. The van der Waals surface area contributed by atoms with Gasteiger partial charge in [0, 0.05) is 0 Å². The lowest BCUT2D eigenvalue weighted by atomic mass is 9.87. The number of hydrogen-bond acceptors (Lipinski definition) is 1. The number of rotatable bonds is 5. The van der Waals surface area contributed by atoms with Gasteiger partial charge in [-0.1, -0.05) is 53.7 Å². The van der Waals surface area contributed by atoms with Crippen molar-refractivity contribution in [3.8, 4) is 5.75 Å². The molecule has 0 N–H and O–H groups in total. The number of benzene rings is 1. The molecule has 1 aromatic carbocycles. The van der Waals surface area contributed by atoms with E-state index in [0.29, 0.717) is 11.8 Å². The van der Waals surface area contributed by atoms with Crippen LogP contribution in [-0.4, -0.2) is 6.61 Å². The highest BCUT2D eigenvalue weighted by Gasteiger charge is 2.14. The van der Waals surface area contributed by atoms with Crippen molar-refractivity contribution in [2.24, 2.45) is 11.8 Å². The molecule has 0 fully saturated rings. The normalized spacial score (nSPS) is 13.7. The zero-order valence-electron chi connectivity index (χ0n) is 12.8. The van der Waals surface area contributed by atoms with Crippen LogP contribution in [0.5, 0.6) is 5.75 Å². The van der Waals surface area contributed by atoms with Crippen molar-refractivity contribution in [2.75, 3.05) is 6.61 Å². The van der Waals surface area contributed by atoms with E-state index in [-0.39, 0.29) is 5.41 Å². The van der Waals surface area contributed by atoms with Crippen LogP contribution in [0.1, 0.15) is 53.5 Å². The van der Waals surface area contributed by atoms with Gasteiger partial charge < -0.3 is 4.74 Å². The minimum Gasteiger partial charge on any atom is -0.493 e. The average Bonchev–Trinajstić information content (AvgIpc) is 2.29. The smallest absolute Gasteiger partial charge is 0.119 e. The minimum absolute atomic E-state index is 0.211. The fourth-order valence-electron chi connectivity index (χ4n) is 2.04. The Morgan fingerprint density at radius 3 is 2.00 bits per heavy atom. The van der Waals surface area contributed by atoms with Gasteiger partial charge in [-0.25, -0.2) is 0 Å². The quantitative estimate of drug-likeness (QED) is 0.709. The first-order valence-corrected chi connectivity index (χ1v) is 7.08. The third kappa shape index (κ3) is 4.36. The molecule has 1 unspecified atom stereocenters. The monoisotopic (exact) mass is 248 g/mol. The Morgan fingerprint density at radius 2 is 1.61 bits per heavy atom. The van der Waals surface area contributed by atoms with E-state index in [1.54, 1.807) is 0 Å². The van der Waals surface area contributed by atoms with Gasteiger partial charge >= 0.3 is 0 Å². The Balaban J connectivity index is 2.59. The molecular formula is C17H28O. The van der Waals surface area contributed by atoms with E-state index in [4.69, 9.17) is 4.74 Å². The molecule has 18 heavy (non-hydrogen) atoms. The first-order valence-electron chi connectivity index (χ1n) is 7.08. The summed E-state index contributed by atoms with van der Waals surface area (Å²) in [6, 6.07) is 8.53. The average molecular weight is 248 g/mol. The van der Waals surface area contributed by atoms with Crippen LogP contribution >= 0.6 is 0 Å². The Kier molecular flexibility index (Phi) is 5.25. The van der Waals surface area contributed by atoms with Gasteiger partial charge in [0.05, 0.1) is 6.61 Å². The minimum atomic E-state index is 0.211. The van der Waals surface area contributed by atoms with E-state index in [1.807, 2.05) is 0 Å². The number of ether oxygens (including phenoxy) is 1. The molecule has 1 atom stereocenters. The van der Waals surface area contributed by atoms with E-state index in [2.05, 4.69) is 65.8 Å². The van der Waals surface area contributed by atoms with Crippen LogP contribution in [-0.2, 0) is 5.41 Å². The highest BCUT2D eigenvalue weighted by molar-refractivity contribution is 5.31. The van der Waals surface area contributed by atoms with Gasteiger partial charge in [-0.3, -0.25) is 0 Å². The maximum Gasteiger partial charge on any atom is 0.119 e. The Morgan fingerprint density at radius 1 is 1.06 bits per heavy atom. The second-order valence-electron chi connectivity index (χ2n) is 6.50. The van der Waals surface area contributed by atoms with Crippen molar-refractivity contribution < 1.29 is 4.74 Å². The molecule has 0 bridgehead atoms. The van der Waals surface area contributed by atoms with Crippen LogP contribution in [0.15, 0.2) is 24.3 Å². The van der Waals surface area contributed by atoms with Crippen LogP contribution < -0.4 is 4.74 Å². The summed E-state index contributed by atoms with van der Waals surface area (Å²) in [5.41, 5.74) is 1.56. The Bertz CT molecular complexity index is 343. The Hall–Kier alpha value is -0.980. The predicted octanol–water partition coefficient (Wildman–Crippen LogP) is 5.05. The SMILES string of the molecule is CCC(COc1ccc(C(C)(C)C)cc1)C(C)C. The van der Waals surface area contributed by atoms with Gasteiger partial charge in [-0.2, -0.15) is 0 Å². The van der Waals surface area contributed by atoms with Crippen LogP contribution in [0.25, 0.3) is 0 Å². The Labute approximate surface area is 113 Å². The van der Waals surface area contributed by atoms with Gasteiger partial charge in [0.1, 0.15) is 5.75 Å². The first-order chi connectivity index (χ1) is 8.34. The largest absolute Gasteiger partial charge is 0.493 e. The molecule has 1 rings (SSSR count). The summed E-state index contributed by atoms with van der Waals surface area (Å²) < 4.78 is 5.89. The molecule has 1 nitrogen and oxygen atoms in total. The van der Waals surface area contributed by atoms with Crippen molar-refractivity contribution in [1.82, 2.24) is 0 Å². The molecule has 102 valence electrons. The lowest BCUT2D eigenvalue weighted by Crippen LogP contribution is -2.17. The van der Waals surface area contributed by atoms with E-state index in [0.717, 1.165) is 12.4 Å². The van der Waals surface area contributed by atoms with Crippen molar-refractivity contribution >= 4 is 0 Å². The van der Waals surface area contributed by atoms with Gasteiger partial charge in [-0.05, 0) is 41.4 Å². The lowest BCUT2D eigenvalue weighted by molar-refractivity contribution is 0.205. The second-order valence-corrected chi connectivity index (χ2v) is 6.50. The number of hydrogen-bond donors (Lipinski definition) is 0. The molecule has 0 saturated carbocycles. The van der Waals surface area contributed by atoms with Gasteiger partial charge in [-0.15, -0.1) is 0 Å². The topological polar surface area (TPSA) is 9.23 Å². The summed E-state index contributed by atoms with van der Waals surface area (Å²) in [7, 11) is 0. The molecular weight excluding hydrogens is 220 g/mol. The van der Waals surface area contributed by atoms with Gasteiger partial charge in [0.25, 0.3) is 0 Å². The van der Waals surface area contributed by atoms with Crippen LogP contribution in [0.4, 0.5) is 0 Å². The molecule has 1 heteroatoms. The summed E-state index contributed by atoms with van der Waals surface area (Å²) in [6.07, 6.45) is 1.18. The fourth-order valence-corrected chi connectivity index (χ4v) is 2.04. The zero-order chi connectivity index (χ0) is 13.8. The van der Waals surface area contributed by atoms with Gasteiger partial charge in [0.2, 0.25) is 0 Å². The van der Waals surface area contributed by atoms with Crippen molar-refractivity contribution in [3.63, 3.8) is 0 Å². The maximum atomic E-state index is 5.89. The molecule has 0 saturated heterocycles. The van der Waals surface area contributed by atoms with Crippen LogP contribution in [0.2, 0.25) is 0 Å². The fraction of sp³-hybridized carbons (Fsp3) is 0.647. The molecule has 0 aromatic heterocycles. The summed E-state index contributed by atoms with van der Waals surface area (Å²) >= 11 is 0. The second kappa shape index (κ2) is 6.26. The summed E-state index contributed by atoms with van der Waals surface area (Å²) in [6.45, 7) is 14.3. The highest BCUT2D eigenvalue weighted by atomic mass is 16.5. The van der Waals surface area contributed by atoms with E-state index >= 15 is 0 Å². The van der Waals surface area contributed by atoms with Crippen LogP contribution in [0, 0.1) is 11.8 Å². The third-order valence-corrected chi connectivity index (χ3v) is 3.65. The first kappa shape index (κ1) is 15.1. The molecule has 0 radical (unpaired) electrons. The third-order valence-electron chi connectivity index (χ3n) is 3.65. The molecule has 0 aliphatic rings. The molecule has 1 aromatic rings. The maximum absolute atomic E-state index is 5.89. The standard InChI is InChI=1S/C17H28O/c1-7-14(13(2)3)12-18-16-10-8-15(9-11-16)17(4,5)6/h8-11,13-14H,7,12H2,1-6H3.